The van der Waals surface area contributed by atoms with Crippen molar-refractivity contribution >= 4 is 13.1 Å². The Morgan fingerprint density at radius 1 is 1.28 bits per heavy atom. The number of hydrogen-bond donors (Lipinski definition) is 1. The first-order chi connectivity index (χ1) is 11.6. The standard InChI is InChI=1S/C20H32NO3P/c1-7-25(23,8-2)20(14-13-16-11-9-10-12-17(16)20)21-15(3)18(22)24-19(4,5)6/h9-12,15,21H,7-8,13-14H2,1-6H3/t15-,20?/m0/s1. The van der Waals surface area contributed by atoms with E-state index in [1.54, 1.807) is 0 Å². The van der Waals surface area contributed by atoms with Crippen molar-refractivity contribution < 1.29 is 14.1 Å². The maximum Gasteiger partial charge on any atom is 0.323 e. The highest BCUT2D eigenvalue weighted by molar-refractivity contribution is 7.65. The van der Waals surface area contributed by atoms with Crippen molar-refractivity contribution in [1.29, 1.82) is 0 Å². The topological polar surface area (TPSA) is 55.4 Å². The molecule has 1 aliphatic carbocycles. The average Bonchev–Trinajstić information content (AvgIpc) is 2.93. The summed E-state index contributed by atoms with van der Waals surface area (Å²) in [6.45, 7) is 11.4. The molecule has 1 unspecified atom stereocenters. The van der Waals surface area contributed by atoms with Crippen LogP contribution in [0.1, 0.15) is 59.1 Å². The van der Waals surface area contributed by atoms with E-state index in [1.807, 2.05) is 53.7 Å². The van der Waals surface area contributed by atoms with Crippen LogP contribution in [0.3, 0.4) is 0 Å². The van der Waals surface area contributed by atoms with Crippen molar-refractivity contribution in [3.63, 3.8) is 0 Å². The van der Waals surface area contributed by atoms with Gasteiger partial charge in [0.15, 0.2) is 0 Å². The van der Waals surface area contributed by atoms with E-state index in [0.29, 0.717) is 12.3 Å². The molecule has 4 nitrogen and oxygen atoms in total. The average molecular weight is 365 g/mol. The molecule has 0 aliphatic heterocycles. The minimum atomic E-state index is -2.56. The Kier molecular flexibility index (Phi) is 5.85. The van der Waals surface area contributed by atoms with Gasteiger partial charge in [0.2, 0.25) is 0 Å². The number of nitrogens with one attached hydrogen (secondary N) is 1. The van der Waals surface area contributed by atoms with Crippen LogP contribution < -0.4 is 5.32 Å². The van der Waals surface area contributed by atoms with Gasteiger partial charge in [-0.2, -0.15) is 0 Å². The molecule has 0 fully saturated rings. The lowest BCUT2D eigenvalue weighted by Gasteiger charge is -2.41. The Morgan fingerprint density at radius 2 is 1.88 bits per heavy atom. The molecule has 0 heterocycles. The summed E-state index contributed by atoms with van der Waals surface area (Å²) < 4.78 is 19.4. The Morgan fingerprint density at radius 3 is 2.44 bits per heavy atom. The molecule has 25 heavy (non-hydrogen) atoms. The summed E-state index contributed by atoms with van der Waals surface area (Å²) in [4.78, 5) is 12.5. The van der Waals surface area contributed by atoms with Crippen LogP contribution in [-0.2, 0) is 25.8 Å². The zero-order valence-corrected chi connectivity index (χ0v) is 17.3. The van der Waals surface area contributed by atoms with E-state index in [0.717, 1.165) is 18.4 Å². The SMILES string of the molecule is CCP(=O)(CC)C1(N[C@@H](C)C(=O)OC(C)(C)C)CCc2ccccc21. The van der Waals surface area contributed by atoms with Gasteiger partial charge >= 0.3 is 5.97 Å². The summed E-state index contributed by atoms with van der Waals surface area (Å²) >= 11 is 0. The van der Waals surface area contributed by atoms with Crippen LogP contribution in [0.4, 0.5) is 0 Å². The fourth-order valence-corrected chi connectivity index (χ4v) is 6.99. The van der Waals surface area contributed by atoms with E-state index in [2.05, 4.69) is 17.4 Å². The molecular formula is C20H32NO3P. The van der Waals surface area contributed by atoms with Crippen LogP contribution >= 0.6 is 7.14 Å². The van der Waals surface area contributed by atoms with Gasteiger partial charge in [-0.25, -0.2) is 0 Å². The second kappa shape index (κ2) is 7.25. The summed E-state index contributed by atoms with van der Waals surface area (Å²) in [5, 5.41) is 2.84. The fraction of sp³-hybridized carbons (Fsp3) is 0.650. The fourth-order valence-electron chi connectivity index (χ4n) is 3.85. The monoisotopic (exact) mass is 365 g/mol. The van der Waals surface area contributed by atoms with E-state index in [4.69, 9.17) is 4.74 Å². The molecule has 0 spiro atoms. The minimum absolute atomic E-state index is 0.296. The van der Waals surface area contributed by atoms with E-state index in [1.165, 1.54) is 5.56 Å². The van der Waals surface area contributed by atoms with Gasteiger partial charge in [-0.1, -0.05) is 38.1 Å². The molecule has 1 aromatic rings. The summed E-state index contributed by atoms with van der Waals surface area (Å²) in [5.74, 6) is -0.296. The number of aryl methyl sites for hydroxylation is 1. The second-order valence-corrected chi connectivity index (χ2v) is 11.7. The largest absolute Gasteiger partial charge is 0.459 e. The molecule has 0 amide bonds. The number of ether oxygens (including phenoxy) is 1. The minimum Gasteiger partial charge on any atom is -0.459 e. The van der Waals surface area contributed by atoms with Crippen molar-refractivity contribution in [3.8, 4) is 0 Å². The Hall–Kier alpha value is -1.12. The molecule has 140 valence electrons. The predicted octanol–water partition coefficient (Wildman–Crippen LogP) is 4.51. The first-order valence-corrected chi connectivity index (χ1v) is 11.3. The lowest BCUT2D eigenvalue weighted by atomic mass is 10.1. The van der Waals surface area contributed by atoms with Crippen LogP contribution in [0.25, 0.3) is 0 Å². The molecular weight excluding hydrogens is 333 g/mol. The molecule has 0 radical (unpaired) electrons. The molecule has 0 saturated carbocycles. The molecule has 2 rings (SSSR count). The summed E-state index contributed by atoms with van der Waals surface area (Å²) in [5.41, 5.74) is 1.79. The zero-order chi connectivity index (χ0) is 18.9. The van der Waals surface area contributed by atoms with E-state index < -0.39 is 24.1 Å². The molecule has 1 aromatic carbocycles. The summed E-state index contributed by atoms with van der Waals surface area (Å²) in [6, 6.07) is 7.67. The van der Waals surface area contributed by atoms with Crippen LogP contribution in [0, 0.1) is 0 Å². The van der Waals surface area contributed by atoms with Gasteiger partial charge in [-0.15, -0.1) is 0 Å². The highest BCUT2D eigenvalue weighted by atomic mass is 31.2. The lowest BCUT2D eigenvalue weighted by molar-refractivity contribution is -0.157. The van der Waals surface area contributed by atoms with Crippen LogP contribution in [0.15, 0.2) is 24.3 Å². The van der Waals surface area contributed by atoms with Crippen LogP contribution in [-0.4, -0.2) is 29.9 Å². The maximum absolute atomic E-state index is 13.9. The number of carbonyl (C=O) groups is 1. The third kappa shape index (κ3) is 3.85. The molecule has 1 aliphatic rings. The van der Waals surface area contributed by atoms with Gasteiger partial charge in [0.1, 0.15) is 18.8 Å². The maximum atomic E-state index is 13.9. The highest BCUT2D eigenvalue weighted by Gasteiger charge is 2.51. The third-order valence-corrected chi connectivity index (χ3v) is 9.18. The molecule has 2 atom stereocenters. The van der Waals surface area contributed by atoms with Crippen molar-refractivity contribution in [2.45, 2.75) is 71.3 Å². The summed E-state index contributed by atoms with van der Waals surface area (Å²) in [7, 11) is -2.56. The van der Waals surface area contributed by atoms with Gasteiger partial charge < -0.3 is 9.30 Å². The second-order valence-electron chi connectivity index (χ2n) is 7.94. The van der Waals surface area contributed by atoms with Gasteiger partial charge in [-0.3, -0.25) is 10.1 Å². The lowest BCUT2D eigenvalue weighted by Crippen LogP contribution is -2.50. The quantitative estimate of drug-likeness (QED) is 0.595. The molecule has 0 bridgehead atoms. The number of fused-ring (bicyclic) bond motifs is 1. The van der Waals surface area contributed by atoms with Gasteiger partial charge in [0.25, 0.3) is 0 Å². The third-order valence-electron chi connectivity index (χ3n) is 5.15. The Bertz CT molecular complexity index is 672. The van der Waals surface area contributed by atoms with E-state index >= 15 is 0 Å². The number of esters is 1. The molecule has 0 aromatic heterocycles. The normalized spacial score (nSPS) is 21.7. The Balaban J connectivity index is 2.42. The number of benzene rings is 1. The van der Waals surface area contributed by atoms with Crippen molar-refractivity contribution in [1.82, 2.24) is 5.32 Å². The van der Waals surface area contributed by atoms with Crippen LogP contribution in [0.2, 0.25) is 0 Å². The predicted molar refractivity (Wildman–Crippen MR) is 104 cm³/mol. The van der Waals surface area contributed by atoms with Crippen LogP contribution in [0.5, 0.6) is 0 Å². The zero-order valence-electron chi connectivity index (χ0n) is 16.4. The summed E-state index contributed by atoms with van der Waals surface area (Å²) in [6.07, 6.45) is 2.88. The van der Waals surface area contributed by atoms with Crippen molar-refractivity contribution in [2.75, 3.05) is 12.3 Å². The van der Waals surface area contributed by atoms with Gasteiger partial charge in [0, 0.05) is 12.3 Å². The van der Waals surface area contributed by atoms with E-state index in [9.17, 15) is 9.36 Å². The first kappa shape index (κ1) is 20.2. The van der Waals surface area contributed by atoms with Crippen molar-refractivity contribution in [3.05, 3.63) is 35.4 Å². The Labute approximate surface area is 152 Å². The number of carbonyl (C=O) groups excluding carboxylic acids is 1. The number of rotatable bonds is 6. The smallest absolute Gasteiger partial charge is 0.323 e. The van der Waals surface area contributed by atoms with Gasteiger partial charge in [-0.05, 0) is 51.7 Å². The highest BCUT2D eigenvalue weighted by Crippen LogP contribution is 2.66. The van der Waals surface area contributed by atoms with Gasteiger partial charge in [0.05, 0.1) is 5.28 Å². The van der Waals surface area contributed by atoms with E-state index in [-0.39, 0.29) is 5.97 Å². The molecule has 0 saturated heterocycles. The molecule has 5 heteroatoms. The molecule has 1 N–H and O–H groups in total. The van der Waals surface area contributed by atoms with Crippen molar-refractivity contribution in [2.24, 2.45) is 0 Å². The number of hydrogen-bond acceptors (Lipinski definition) is 4. The first-order valence-electron chi connectivity index (χ1n) is 9.25.